The van der Waals surface area contributed by atoms with E-state index in [2.05, 4.69) is 10.6 Å². The van der Waals surface area contributed by atoms with Crippen LogP contribution in [0.3, 0.4) is 0 Å². The molecule has 2 amide bonds. The predicted octanol–water partition coefficient (Wildman–Crippen LogP) is 1.39. The van der Waals surface area contributed by atoms with E-state index in [-0.39, 0.29) is 34.9 Å². The number of carbonyl (C=O) groups excluding carboxylic acids is 2. The van der Waals surface area contributed by atoms with Crippen molar-refractivity contribution in [3.05, 3.63) is 34.6 Å². The Hall–Kier alpha value is -1.47. The van der Waals surface area contributed by atoms with Gasteiger partial charge >= 0.3 is 0 Å². The standard InChI is InChI=1S/C19H24B3ClFN3O2/c1-18(2,19(20,21)22)26-16(28)11-27-5-3-12(4-6-27)10-25-17(29)13-7-14(23)9-15(24)8-13/h7-9,12H,3-6,10-11H2,1-2H3,(H,25,29)(H,26,28). The highest BCUT2D eigenvalue weighted by Crippen LogP contribution is 2.27. The summed E-state index contributed by atoms with van der Waals surface area (Å²) in [6.07, 6.45) is 1.66. The molecule has 29 heavy (non-hydrogen) atoms. The van der Waals surface area contributed by atoms with Gasteiger partial charge in [0.15, 0.2) is 0 Å². The van der Waals surface area contributed by atoms with E-state index < -0.39 is 16.5 Å². The topological polar surface area (TPSA) is 61.4 Å². The van der Waals surface area contributed by atoms with Crippen molar-refractivity contribution in [3.8, 4) is 0 Å². The first-order valence-corrected chi connectivity index (χ1v) is 9.89. The van der Waals surface area contributed by atoms with Crippen LogP contribution < -0.4 is 10.6 Å². The second kappa shape index (κ2) is 9.56. The number of hydrogen-bond acceptors (Lipinski definition) is 3. The zero-order valence-electron chi connectivity index (χ0n) is 16.8. The lowest BCUT2D eigenvalue weighted by atomic mass is 9.36. The van der Waals surface area contributed by atoms with Crippen LogP contribution >= 0.6 is 11.6 Å². The van der Waals surface area contributed by atoms with Gasteiger partial charge in [0, 0.05) is 22.7 Å². The summed E-state index contributed by atoms with van der Waals surface area (Å²) in [6.45, 7) is 5.49. The average molecular weight is 413 g/mol. The van der Waals surface area contributed by atoms with Crippen LogP contribution in [0.5, 0.6) is 0 Å². The molecule has 1 aromatic rings. The Bertz CT molecular complexity index is 730. The van der Waals surface area contributed by atoms with Gasteiger partial charge in [-0.15, -0.1) is 5.11 Å². The van der Waals surface area contributed by atoms with Crippen molar-refractivity contribution in [2.24, 2.45) is 5.92 Å². The van der Waals surface area contributed by atoms with E-state index in [9.17, 15) is 14.0 Å². The fraction of sp³-hybridized carbons (Fsp3) is 0.579. The number of amides is 2. The summed E-state index contributed by atoms with van der Waals surface area (Å²) in [7, 11) is 17.1. The van der Waals surface area contributed by atoms with Gasteiger partial charge in [-0.3, -0.25) is 14.5 Å². The summed E-state index contributed by atoms with van der Waals surface area (Å²) in [4.78, 5) is 26.5. The van der Waals surface area contributed by atoms with E-state index in [1.54, 1.807) is 13.8 Å². The Morgan fingerprint density at radius 3 is 2.38 bits per heavy atom. The highest BCUT2D eigenvalue weighted by molar-refractivity contribution is 6.60. The summed E-state index contributed by atoms with van der Waals surface area (Å²) in [5.41, 5.74) is -0.755. The summed E-state index contributed by atoms with van der Waals surface area (Å²) in [5, 5.41) is 4.24. The highest BCUT2D eigenvalue weighted by atomic mass is 35.5. The minimum Gasteiger partial charge on any atom is -0.352 e. The first-order chi connectivity index (χ1) is 13.4. The van der Waals surface area contributed by atoms with E-state index in [1.165, 1.54) is 6.07 Å². The molecule has 1 aromatic carbocycles. The largest absolute Gasteiger partial charge is 0.352 e. The lowest BCUT2D eigenvalue weighted by molar-refractivity contribution is -0.124. The van der Waals surface area contributed by atoms with Gasteiger partial charge in [-0.05, 0) is 63.9 Å². The lowest BCUT2D eigenvalue weighted by Crippen LogP contribution is -2.56. The van der Waals surface area contributed by atoms with Gasteiger partial charge in [0.1, 0.15) is 5.82 Å². The minimum absolute atomic E-state index is 0.182. The Morgan fingerprint density at radius 2 is 1.83 bits per heavy atom. The van der Waals surface area contributed by atoms with Gasteiger partial charge < -0.3 is 10.6 Å². The molecule has 2 N–H and O–H groups in total. The highest BCUT2D eigenvalue weighted by Gasteiger charge is 2.33. The van der Waals surface area contributed by atoms with Crippen LogP contribution in [0.4, 0.5) is 4.39 Å². The Labute approximate surface area is 180 Å². The number of nitrogens with one attached hydrogen (secondary N) is 2. The number of halogens is 2. The van der Waals surface area contributed by atoms with Crippen molar-refractivity contribution in [3.63, 3.8) is 0 Å². The van der Waals surface area contributed by atoms with Crippen molar-refractivity contribution in [1.82, 2.24) is 15.5 Å². The normalized spacial score (nSPS) is 16.4. The third-order valence-electron chi connectivity index (χ3n) is 5.28. The molecule has 1 heterocycles. The second-order valence-electron chi connectivity index (χ2n) is 8.19. The first kappa shape index (κ1) is 23.8. The number of nitrogens with zero attached hydrogens (tertiary/aromatic N) is 1. The summed E-state index contributed by atoms with van der Waals surface area (Å²) in [6, 6.07) is 3.74. The number of rotatable bonds is 7. The Balaban J connectivity index is 1.75. The number of benzene rings is 1. The maximum atomic E-state index is 13.4. The Morgan fingerprint density at radius 1 is 1.21 bits per heavy atom. The summed E-state index contributed by atoms with van der Waals surface area (Å²) < 4.78 is 13.4. The zero-order valence-corrected chi connectivity index (χ0v) is 17.6. The number of likely N-dealkylation sites (tertiary alicyclic amines) is 1. The number of piperidine rings is 1. The molecule has 10 heteroatoms. The van der Waals surface area contributed by atoms with Crippen LogP contribution in [0.1, 0.15) is 37.0 Å². The fourth-order valence-corrected chi connectivity index (χ4v) is 3.29. The molecule has 1 aliphatic rings. The molecule has 0 aromatic heterocycles. The average Bonchev–Trinajstić information content (AvgIpc) is 2.58. The molecular formula is C19H24B3ClFN3O2. The summed E-state index contributed by atoms with van der Waals surface area (Å²) in [5.74, 6) is -0.822. The van der Waals surface area contributed by atoms with Gasteiger partial charge in [-0.25, -0.2) is 4.39 Å². The van der Waals surface area contributed by atoms with Crippen LogP contribution in [0.2, 0.25) is 10.1 Å². The van der Waals surface area contributed by atoms with Gasteiger partial charge in [-0.2, -0.15) is 0 Å². The zero-order chi connectivity index (χ0) is 21.8. The second-order valence-corrected chi connectivity index (χ2v) is 8.63. The van der Waals surface area contributed by atoms with Crippen molar-refractivity contribution >= 4 is 47.0 Å². The van der Waals surface area contributed by atoms with Crippen LogP contribution in [0, 0.1) is 11.7 Å². The van der Waals surface area contributed by atoms with Gasteiger partial charge in [0.2, 0.25) is 5.91 Å². The van der Waals surface area contributed by atoms with Crippen LogP contribution in [-0.2, 0) is 4.79 Å². The van der Waals surface area contributed by atoms with Crippen LogP contribution in [0.15, 0.2) is 18.2 Å². The molecule has 0 aliphatic carbocycles. The molecule has 6 radical (unpaired) electrons. The van der Waals surface area contributed by atoms with Gasteiger partial charge in [0.05, 0.1) is 30.1 Å². The SMILES string of the molecule is [B]C([B])([B])C(C)(C)NC(=O)CN1CCC(CNC(=O)c2cc(F)cc(Cl)c2)CC1. The predicted molar refractivity (Wildman–Crippen MR) is 115 cm³/mol. The molecule has 0 bridgehead atoms. The molecule has 5 nitrogen and oxygen atoms in total. The number of carbonyl (C=O) groups is 2. The van der Waals surface area contributed by atoms with E-state index in [0.717, 1.165) is 38.1 Å². The quantitative estimate of drug-likeness (QED) is 0.665. The third-order valence-corrected chi connectivity index (χ3v) is 5.50. The van der Waals surface area contributed by atoms with Crippen LogP contribution in [0.25, 0.3) is 0 Å². The lowest BCUT2D eigenvalue weighted by Gasteiger charge is -2.42. The smallest absolute Gasteiger partial charge is 0.251 e. The molecular weight excluding hydrogens is 389 g/mol. The molecule has 0 unspecified atom stereocenters. The maximum absolute atomic E-state index is 13.4. The van der Waals surface area contributed by atoms with Crippen molar-refractivity contribution in [2.45, 2.75) is 37.3 Å². The van der Waals surface area contributed by atoms with E-state index in [0.29, 0.717) is 6.54 Å². The van der Waals surface area contributed by atoms with Crippen LogP contribution in [-0.4, -0.2) is 72.0 Å². The minimum atomic E-state index is -1.53. The maximum Gasteiger partial charge on any atom is 0.251 e. The third kappa shape index (κ3) is 7.07. The molecule has 2 rings (SSSR count). The van der Waals surface area contributed by atoms with Gasteiger partial charge in [0.25, 0.3) is 5.91 Å². The van der Waals surface area contributed by atoms with Crippen molar-refractivity contribution in [1.29, 1.82) is 0 Å². The Kier molecular flexibility index (Phi) is 7.85. The number of hydrogen-bond donors (Lipinski definition) is 2. The van der Waals surface area contributed by atoms with E-state index in [1.807, 2.05) is 4.90 Å². The first-order valence-electron chi connectivity index (χ1n) is 9.51. The van der Waals surface area contributed by atoms with Crippen molar-refractivity contribution in [2.75, 3.05) is 26.2 Å². The molecule has 0 spiro atoms. The monoisotopic (exact) mass is 413 g/mol. The molecule has 0 saturated carbocycles. The molecule has 150 valence electrons. The molecule has 1 saturated heterocycles. The molecule has 1 aliphatic heterocycles. The fourth-order valence-electron chi connectivity index (χ4n) is 3.07. The molecule has 1 fully saturated rings. The summed E-state index contributed by atoms with van der Waals surface area (Å²) >= 11 is 5.79. The van der Waals surface area contributed by atoms with Crippen molar-refractivity contribution < 1.29 is 14.0 Å². The van der Waals surface area contributed by atoms with Gasteiger partial charge in [-0.1, -0.05) is 11.6 Å². The molecule has 0 atom stereocenters. The van der Waals surface area contributed by atoms with E-state index in [4.69, 9.17) is 35.1 Å². The van der Waals surface area contributed by atoms with E-state index >= 15 is 0 Å².